The summed E-state index contributed by atoms with van der Waals surface area (Å²) in [6, 6.07) is 19.5. The van der Waals surface area contributed by atoms with E-state index in [1.54, 1.807) is 54.6 Å². The number of carbonyl (C=O) groups excluding carboxylic acids is 3. The van der Waals surface area contributed by atoms with Crippen LogP contribution in [0.4, 0.5) is 15.8 Å². The van der Waals surface area contributed by atoms with E-state index in [4.69, 9.17) is 17.0 Å². The van der Waals surface area contributed by atoms with Crippen molar-refractivity contribution in [1.82, 2.24) is 10.4 Å². The second kappa shape index (κ2) is 11.0. The van der Waals surface area contributed by atoms with Crippen LogP contribution in [0.2, 0.25) is 0 Å². The molecular weight excluding hydrogens is 483 g/mol. The summed E-state index contributed by atoms with van der Waals surface area (Å²) in [7, 11) is 0. The van der Waals surface area contributed by atoms with E-state index in [9.17, 15) is 18.8 Å². The molecule has 1 unspecified atom stereocenters. The molecule has 0 aliphatic carbocycles. The number of nitrogens with one attached hydrogen (secondary N) is 2. The predicted octanol–water partition coefficient (Wildman–Crippen LogP) is 3.90. The fraction of sp³-hybridized carbons (Fsp3) is 0.154. The molecule has 3 aromatic carbocycles. The van der Waals surface area contributed by atoms with Gasteiger partial charge in [0.25, 0.3) is 11.8 Å². The van der Waals surface area contributed by atoms with Crippen LogP contribution in [0.5, 0.6) is 5.75 Å². The van der Waals surface area contributed by atoms with Gasteiger partial charge >= 0.3 is 0 Å². The molecule has 0 bridgehead atoms. The molecule has 1 fully saturated rings. The summed E-state index contributed by atoms with van der Waals surface area (Å²) < 4.78 is 19.0. The standard InChI is InChI=1S/C26H23FN4O4S/c1-2-35-21-13-11-19(12-14-21)28-23(32)16-22-25(34)30(20-9-4-3-5-10-20)26(36)31(22)29-24(33)17-7-6-8-18(27)15-17/h3-15,22H,2,16H2,1H3,(H,28,32)(H,29,33). The van der Waals surface area contributed by atoms with Crippen molar-refractivity contribution in [3.8, 4) is 5.75 Å². The molecule has 3 aromatic rings. The van der Waals surface area contributed by atoms with Crippen molar-refractivity contribution in [2.45, 2.75) is 19.4 Å². The molecular formula is C26H23FN4O4S. The summed E-state index contributed by atoms with van der Waals surface area (Å²) >= 11 is 5.51. The maximum absolute atomic E-state index is 13.6. The maximum Gasteiger partial charge on any atom is 0.269 e. The number of thiocarbonyl (C=S) groups is 1. The molecule has 0 radical (unpaired) electrons. The zero-order chi connectivity index (χ0) is 25.7. The van der Waals surface area contributed by atoms with Gasteiger partial charge < -0.3 is 10.1 Å². The van der Waals surface area contributed by atoms with Crippen molar-refractivity contribution in [3.05, 3.63) is 90.2 Å². The van der Waals surface area contributed by atoms with E-state index in [-0.39, 0.29) is 17.1 Å². The first-order chi connectivity index (χ1) is 17.4. The lowest BCUT2D eigenvalue weighted by atomic mass is 10.1. The highest BCUT2D eigenvalue weighted by molar-refractivity contribution is 7.80. The van der Waals surface area contributed by atoms with Crippen molar-refractivity contribution in [2.75, 3.05) is 16.8 Å². The van der Waals surface area contributed by atoms with Gasteiger partial charge in [0.15, 0.2) is 0 Å². The van der Waals surface area contributed by atoms with Gasteiger partial charge in [-0.25, -0.2) is 9.40 Å². The van der Waals surface area contributed by atoms with Crippen molar-refractivity contribution < 1.29 is 23.5 Å². The normalized spacial score (nSPS) is 15.1. The molecule has 0 aromatic heterocycles. The monoisotopic (exact) mass is 506 g/mol. The molecule has 1 aliphatic rings. The highest BCUT2D eigenvalue weighted by atomic mass is 32.1. The average molecular weight is 507 g/mol. The Hall–Kier alpha value is -4.31. The number of amides is 3. The molecule has 8 nitrogen and oxygen atoms in total. The molecule has 1 aliphatic heterocycles. The van der Waals surface area contributed by atoms with Crippen molar-refractivity contribution in [1.29, 1.82) is 0 Å². The van der Waals surface area contributed by atoms with Crippen molar-refractivity contribution in [2.24, 2.45) is 0 Å². The minimum absolute atomic E-state index is 0.00480. The van der Waals surface area contributed by atoms with Crippen LogP contribution in [-0.2, 0) is 9.59 Å². The third kappa shape index (κ3) is 5.49. The number of anilines is 2. The van der Waals surface area contributed by atoms with Crippen LogP contribution in [0.25, 0.3) is 0 Å². The van der Waals surface area contributed by atoms with Crippen molar-refractivity contribution in [3.63, 3.8) is 0 Å². The van der Waals surface area contributed by atoms with Crippen LogP contribution in [0, 0.1) is 5.82 Å². The maximum atomic E-state index is 13.6. The second-order valence-electron chi connectivity index (χ2n) is 7.84. The quantitative estimate of drug-likeness (QED) is 0.451. The molecule has 2 N–H and O–H groups in total. The minimum atomic E-state index is -1.11. The van der Waals surface area contributed by atoms with Gasteiger partial charge in [-0.1, -0.05) is 24.3 Å². The number of carbonyl (C=O) groups is 3. The predicted molar refractivity (Wildman–Crippen MR) is 137 cm³/mol. The number of hydrogen-bond donors (Lipinski definition) is 2. The van der Waals surface area contributed by atoms with E-state index < -0.39 is 29.6 Å². The van der Waals surface area contributed by atoms with E-state index in [0.717, 1.165) is 6.07 Å². The van der Waals surface area contributed by atoms with Crippen LogP contribution in [0.3, 0.4) is 0 Å². The highest BCUT2D eigenvalue weighted by Crippen LogP contribution is 2.26. The minimum Gasteiger partial charge on any atom is -0.494 e. The number of halogens is 1. The lowest BCUT2D eigenvalue weighted by Gasteiger charge is -2.24. The van der Waals surface area contributed by atoms with E-state index in [1.165, 1.54) is 28.1 Å². The summed E-state index contributed by atoms with van der Waals surface area (Å²) in [6.45, 7) is 2.39. The Bertz CT molecular complexity index is 1290. The molecule has 1 atom stereocenters. The Morgan fingerprint density at radius 2 is 1.75 bits per heavy atom. The molecule has 4 rings (SSSR count). The Kier molecular flexibility index (Phi) is 7.55. The van der Waals surface area contributed by atoms with E-state index >= 15 is 0 Å². The first-order valence-corrected chi connectivity index (χ1v) is 11.6. The van der Waals surface area contributed by atoms with Gasteiger partial charge in [-0.2, -0.15) is 0 Å². The molecule has 36 heavy (non-hydrogen) atoms. The fourth-order valence-electron chi connectivity index (χ4n) is 3.71. The summed E-state index contributed by atoms with van der Waals surface area (Å²) in [5, 5.41) is 3.92. The highest BCUT2D eigenvalue weighted by Gasteiger charge is 2.45. The Morgan fingerprint density at radius 3 is 2.42 bits per heavy atom. The van der Waals surface area contributed by atoms with Crippen LogP contribution in [0.15, 0.2) is 78.9 Å². The average Bonchev–Trinajstić information content (AvgIpc) is 3.09. The summed E-state index contributed by atoms with van der Waals surface area (Å²) in [4.78, 5) is 40.4. The van der Waals surface area contributed by atoms with Gasteiger partial charge in [-0.3, -0.25) is 24.7 Å². The molecule has 1 heterocycles. The smallest absolute Gasteiger partial charge is 0.269 e. The number of hydrazine groups is 1. The number of para-hydroxylation sites is 1. The lowest BCUT2D eigenvalue weighted by Crippen LogP contribution is -2.49. The van der Waals surface area contributed by atoms with Crippen LogP contribution in [0.1, 0.15) is 23.7 Å². The molecule has 3 amide bonds. The lowest BCUT2D eigenvalue weighted by molar-refractivity contribution is -0.124. The van der Waals surface area contributed by atoms with Gasteiger partial charge in [-0.05, 0) is 73.7 Å². The number of nitrogens with zero attached hydrogens (tertiary/aromatic N) is 2. The number of benzene rings is 3. The van der Waals surface area contributed by atoms with Gasteiger partial charge in [0.2, 0.25) is 11.0 Å². The molecule has 184 valence electrons. The summed E-state index contributed by atoms with van der Waals surface area (Å²) in [6.07, 6.45) is -0.293. The van der Waals surface area contributed by atoms with Crippen LogP contribution in [-0.4, -0.2) is 40.5 Å². The molecule has 10 heteroatoms. The Balaban J connectivity index is 1.55. The summed E-state index contributed by atoms with van der Waals surface area (Å²) in [5.41, 5.74) is 3.63. The van der Waals surface area contributed by atoms with E-state index in [1.807, 2.05) is 6.92 Å². The summed E-state index contributed by atoms with van der Waals surface area (Å²) in [5.74, 6) is -1.53. The van der Waals surface area contributed by atoms with Gasteiger partial charge in [0, 0.05) is 11.3 Å². The number of ether oxygens (including phenoxy) is 1. The van der Waals surface area contributed by atoms with Gasteiger partial charge in [-0.15, -0.1) is 0 Å². The zero-order valence-electron chi connectivity index (χ0n) is 19.3. The SMILES string of the molecule is CCOc1ccc(NC(=O)CC2C(=O)N(c3ccccc3)C(=S)N2NC(=O)c2cccc(F)c2)cc1. The number of rotatable bonds is 8. The molecule has 0 saturated carbocycles. The number of hydrogen-bond acceptors (Lipinski definition) is 5. The van der Waals surface area contributed by atoms with Crippen LogP contribution < -0.4 is 20.4 Å². The van der Waals surface area contributed by atoms with Gasteiger partial charge in [0.05, 0.1) is 18.7 Å². The molecule has 0 spiro atoms. The van der Waals surface area contributed by atoms with E-state index in [2.05, 4.69) is 10.7 Å². The largest absolute Gasteiger partial charge is 0.494 e. The van der Waals surface area contributed by atoms with Gasteiger partial charge in [0.1, 0.15) is 17.6 Å². The van der Waals surface area contributed by atoms with E-state index in [0.29, 0.717) is 23.7 Å². The zero-order valence-corrected chi connectivity index (χ0v) is 20.1. The fourth-order valence-corrected chi connectivity index (χ4v) is 4.07. The Labute approximate surface area is 212 Å². The Morgan fingerprint density at radius 1 is 1.03 bits per heavy atom. The second-order valence-corrected chi connectivity index (χ2v) is 8.20. The third-order valence-electron chi connectivity index (χ3n) is 5.37. The molecule has 1 saturated heterocycles. The van der Waals surface area contributed by atoms with Crippen LogP contribution >= 0.6 is 12.2 Å². The topological polar surface area (TPSA) is 91.0 Å². The first kappa shape index (κ1) is 24.8. The first-order valence-electron chi connectivity index (χ1n) is 11.2. The van der Waals surface area contributed by atoms with Crippen molar-refractivity contribution >= 4 is 46.4 Å². The third-order valence-corrected chi connectivity index (χ3v) is 5.74.